The van der Waals surface area contributed by atoms with Crippen molar-refractivity contribution < 1.29 is 88.7 Å². The van der Waals surface area contributed by atoms with Crippen molar-refractivity contribution in [3.8, 4) is 45.5 Å². The highest BCUT2D eigenvalue weighted by Crippen LogP contribution is 2.54. The number of alkyl carbamates (subject to hydrolysis) is 2. The zero-order valence-electron chi connectivity index (χ0n) is 73.9. The Labute approximate surface area is 732 Å². The molecule has 8 N–H and O–H groups in total. The number of rotatable bonds is 25. The number of likely N-dealkylation sites (tertiary alicyclic amines) is 2. The highest BCUT2D eigenvalue weighted by Gasteiger charge is 2.66. The van der Waals surface area contributed by atoms with E-state index in [2.05, 4.69) is 45.2 Å². The van der Waals surface area contributed by atoms with Gasteiger partial charge in [0.2, 0.25) is 43.7 Å². The van der Waals surface area contributed by atoms with Crippen LogP contribution in [0.4, 0.5) is 9.59 Å². The predicted octanol–water partition coefficient (Wildman–Crippen LogP) is 13.4. The van der Waals surface area contributed by atoms with Crippen molar-refractivity contribution in [3.63, 3.8) is 0 Å². The third kappa shape index (κ3) is 20.9. The highest BCUT2D eigenvalue weighted by atomic mass is 32.2. The van der Waals surface area contributed by atoms with Crippen molar-refractivity contribution in [2.24, 2.45) is 27.8 Å². The Morgan fingerprint density at radius 2 is 0.936 bits per heavy atom. The molecular formula is C94H120N10O19S2. The van der Waals surface area contributed by atoms with E-state index in [1.54, 1.807) is 116 Å². The van der Waals surface area contributed by atoms with E-state index in [4.69, 9.17) is 43.5 Å². The van der Waals surface area contributed by atoms with Gasteiger partial charge in [-0.25, -0.2) is 46.3 Å². The van der Waals surface area contributed by atoms with Crippen molar-refractivity contribution in [1.82, 2.24) is 45.8 Å². The van der Waals surface area contributed by atoms with E-state index in [0.717, 1.165) is 73.6 Å². The highest BCUT2D eigenvalue weighted by molar-refractivity contribution is 7.92. The average Bonchev–Trinajstić information content (AvgIpc) is 1.60. The summed E-state index contributed by atoms with van der Waals surface area (Å²) in [6, 6.07) is 29.2. The first-order valence-electron chi connectivity index (χ1n) is 42.8. The number of ether oxygens (including phenoxy) is 6. The number of benzene rings is 4. The smallest absolute Gasteiger partial charge is 0.408 e. The molecule has 672 valence electrons. The second-order valence-electron chi connectivity index (χ2n) is 38.1. The van der Waals surface area contributed by atoms with Crippen LogP contribution in [0.15, 0.2) is 158 Å². The number of pyridine rings is 2. The van der Waals surface area contributed by atoms with Crippen LogP contribution in [-0.4, -0.2) is 185 Å². The van der Waals surface area contributed by atoms with Crippen molar-refractivity contribution in [2.75, 3.05) is 27.3 Å². The number of hydrogen-bond acceptors (Lipinski definition) is 20. The molecule has 6 aromatic rings. The lowest BCUT2D eigenvalue weighted by atomic mass is 9.85. The van der Waals surface area contributed by atoms with E-state index in [0.29, 0.717) is 75.5 Å². The first kappa shape index (κ1) is 93.2. The zero-order chi connectivity index (χ0) is 91.0. The number of fused-ring (bicyclic) bond motifs is 2. The molecule has 31 heteroatoms. The van der Waals surface area contributed by atoms with Gasteiger partial charge in [0, 0.05) is 70.8 Å². The van der Waals surface area contributed by atoms with E-state index in [-0.39, 0.29) is 38.8 Å². The standard InChI is InChI=1S/C47H59N5O9S.C38H46N4O8.C9H15NO2S/c1-9-30-27-47(30,42(55)51-62(57,58)46(22-23-46)31-18-14-11-15-19-31)50-40(53)37-25-33(28-52(37)41(54)39(44(2,3)4)49-43(56)61-45(5,6)7)60-38-26-35(29-16-12-10-13-17-29)48-36-24-32(59-8)20-21-34(36)38;1-9-23-20-38(23,34(45)46)41-32(43)29-18-25(21-42(29)33(44)31(36(2,3)4)40-35(47)50-37(5,6)7)49-30-19-27(22-13-11-10-12-14-22)39-28-17-24(48-8)15-16-26(28)30;10-13(11,12)9(6-7-9)8-4-2-1-3-5-8/h9-10,12-13,16-18,20-21,24,26,30,33,37,39H,1,11,14-15,19,22-23,25,27-28H2,2-8H3,(H,49,56)(H,50,53)(H,51,55);9-17,19,23,25,29,31H,1,18,20-21H2,2-8H3,(H,40,47)(H,41,43)(H,45,46);4H,1-3,5-7H2,(H2,10,11,12)/t30?,33-,37+,39-,47-;23?,25-,29+,31-,38-;/m11./s1. The van der Waals surface area contributed by atoms with Crippen molar-refractivity contribution >= 4 is 89.5 Å². The summed E-state index contributed by atoms with van der Waals surface area (Å²) >= 11 is 0. The summed E-state index contributed by atoms with van der Waals surface area (Å²) in [6.07, 6.45) is 14.4. The lowest BCUT2D eigenvalue weighted by molar-refractivity contribution is -0.146. The minimum atomic E-state index is -4.15. The minimum absolute atomic E-state index is 0.00747. The second-order valence-corrected chi connectivity index (χ2v) is 42.0. The molecule has 14 rings (SSSR count). The summed E-state index contributed by atoms with van der Waals surface area (Å²) in [7, 11) is -4.36. The number of carboxylic acid groups (broad SMARTS) is 1. The van der Waals surface area contributed by atoms with Gasteiger partial charge in [0.1, 0.15) is 91.1 Å². The van der Waals surface area contributed by atoms with Gasteiger partial charge in [-0.05, 0) is 167 Å². The molecule has 6 aliphatic carbocycles. The molecule has 7 amide bonds. The SMILES string of the molecule is C=CC1C[C@]1(NC(=O)[C@@H]1C[C@@H](Oc2cc(-c3ccccc3)nc3cc(OC)ccc23)CN1C(=O)[C@@H](NC(=O)OC(C)(C)C)C(C)(C)C)C(=O)NS(=O)(=O)C1(C2=CCCCC2)CC1.C=CC1C[C@]1(NC(=O)[C@@H]1C[C@@H](Oc2cc(-c3ccccc3)nc3cc(OC)ccc23)CN1C(=O)[C@@H](NC(=O)OC(C)(C)C)C(C)(C)C)C(=O)O.NS(=O)(=O)C1(C2=CCCCC2)CC1. The van der Waals surface area contributed by atoms with Crippen LogP contribution in [-0.2, 0) is 58.3 Å². The van der Waals surface area contributed by atoms with Gasteiger partial charge in [0.25, 0.3) is 5.91 Å². The molecule has 0 spiro atoms. The molecular weight excluding hydrogens is 1640 g/mol. The van der Waals surface area contributed by atoms with Gasteiger partial charge in [-0.2, -0.15) is 0 Å². The molecule has 0 radical (unpaired) electrons. The number of aliphatic carboxylic acids is 1. The maximum atomic E-state index is 14.8. The Balaban J connectivity index is 0.000000201. The summed E-state index contributed by atoms with van der Waals surface area (Å²) in [5.41, 5.74) is -0.235. The Morgan fingerprint density at radius 3 is 1.27 bits per heavy atom. The third-order valence-electron chi connectivity index (χ3n) is 24.5. The van der Waals surface area contributed by atoms with Crippen LogP contribution in [0, 0.1) is 22.7 Å². The molecule has 4 saturated carbocycles. The summed E-state index contributed by atoms with van der Waals surface area (Å²) < 4.78 is 86.5. The fourth-order valence-electron chi connectivity index (χ4n) is 17.2. The molecule has 8 aliphatic rings. The summed E-state index contributed by atoms with van der Waals surface area (Å²) in [5.74, 6) is -3.23. The molecule has 10 atom stereocenters. The fourth-order valence-corrected chi connectivity index (χ4v) is 20.2. The zero-order valence-corrected chi connectivity index (χ0v) is 75.6. The molecule has 4 heterocycles. The quantitative estimate of drug-likeness (QED) is 0.0262. The number of methoxy groups -OCH3 is 2. The van der Waals surface area contributed by atoms with E-state index >= 15 is 0 Å². The van der Waals surface area contributed by atoms with Crippen LogP contribution in [0.5, 0.6) is 23.0 Å². The first-order chi connectivity index (χ1) is 58.7. The van der Waals surface area contributed by atoms with Crippen LogP contribution in [0.3, 0.4) is 0 Å². The van der Waals surface area contributed by atoms with Crippen LogP contribution in [0.25, 0.3) is 44.3 Å². The number of amides is 7. The number of carbonyl (C=O) groups is 8. The molecule has 125 heavy (non-hydrogen) atoms. The summed E-state index contributed by atoms with van der Waals surface area (Å²) in [6.45, 7) is 28.6. The molecule has 4 aromatic carbocycles. The maximum absolute atomic E-state index is 14.8. The van der Waals surface area contributed by atoms with Crippen LogP contribution in [0.1, 0.15) is 186 Å². The van der Waals surface area contributed by atoms with E-state index in [9.17, 15) is 60.3 Å². The predicted molar refractivity (Wildman–Crippen MR) is 475 cm³/mol. The number of carbonyl (C=O) groups excluding carboxylic acids is 7. The topological polar surface area (TPSA) is 399 Å². The lowest BCUT2D eigenvalue weighted by Crippen LogP contribution is -2.60. The van der Waals surface area contributed by atoms with Gasteiger partial charge in [-0.3, -0.25) is 28.7 Å². The number of primary sulfonamides is 1. The molecule has 29 nitrogen and oxygen atoms in total. The molecule has 2 aromatic heterocycles. The molecule has 2 unspecified atom stereocenters. The normalized spacial score (nSPS) is 23.4. The van der Waals surface area contributed by atoms with Gasteiger partial charge < -0.3 is 64.6 Å². The molecule has 2 saturated heterocycles. The van der Waals surface area contributed by atoms with Crippen LogP contribution >= 0.6 is 0 Å². The van der Waals surface area contributed by atoms with E-state index in [1.165, 1.54) is 28.4 Å². The largest absolute Gasteiger partial charge is 0.497 e. The maximum Gasteiger partial charge on any atom is 0.408 e. The van der Waals surface area contributed by atoms with Crippen LogP contribution < -0.4 is 50.1 Å². The Kier molecular flexibility index (Phi) is 27.0. The molecule has 2 aliphatic heterocycles. The number of carboxylic acids is 1. The van der Waals surface area contributed by atoms with E-state index < -0.39 is 159 Å². The minimum Gasteiger partial charge on any atom is -0.497 e. The number of nitrogens with two attached hydrogens (primary N) is 1. The lowest BCUT2D eigenvalue weighted by Gasteiger charge is -2.36. The number of allylic oxidation sites excluding steroid dienone is 2. The number of nitrogens with zero attached hydrogens (tertiary/aromatic N) is 4. The monoisotopic (exact) mass is 1760 g/mol. The Bertz CT molecular complexity index is 5450. The van der Waals surface area contributed by atoms with Gasteiger partial charge in [-0.1, -0.05) is 138 Å². The molecule has 0 bridgehead atoms. The van der Waals surface area contributed by atoms with Gasteiger partial charge in [-0.15, -0.1) is 13.2 Å². The average molecular weight is 1760 g/mol. The molecule has 6 fully saturated rings. The number of hydrogen-bond donors (Lipinski definition) is 7. The number of aromatic nitrogens is 2. The van der Waals surface area contributed by atoms with Crippen molar-refractivity contribution in [1.29, 1.82) is 0 Å². The van der Waals surface area contributed by atoms with Gasteiger partial charge in [0.15, 0.2) is 0 Å². The summed E-state index contributed by atoms with van der Waals surface area (Å²) in [5, 5.41) is 27.7. The van der Waals surface area contributed by atoms with E-state index in [1.807, 2.05) is 97.1 Å². The second kappa shape index (κ2) is 36.2. The third-order valence-corrected chi connectivity index (χ3v) is 28.4. The van der Waals surface area contributed by atoms with Gasteiger partial charge in [0.05, 0.1) is 49.7 Å². The number of nitrogens with one attached hydrogen (secondary N) is 5. The number of sulfonamides is 2. The summed E-state index contributed by atoms with van der Waals surface area (Å²) in [4.78, 5) is 123. The Morgan fingerprint density at radius 1 is 0.544 bits per heavy atom. The Hall–Kier alpha value is -10.9. The van der Waals surface area contributed by atoms with Crippen molar-refractivity contribution in [2.45, 2.75) is 254 Å². The fraction of sp³-hybridized carbons (Fsp3) is 0.511. The van der Waals surface area contributed by atoms with Crippen molar-refractivity contribution in [3.05, 3.63) is 158 Å². The first-order valence-corrected chi connectivity index (χ1v) is 45.9. The van der Waals surface area contributed by atoms with Gasteiger partial charge >= 0.3 is 18.2 Å². The van der Waals surface area contributed by atoms with Crippen LogP contribution in [0.2, 0.25) is 0 Å².